The van der Waals surface area contributed by atoms with Gasteiger partial charge in [0.25, 0.3) is 0 Å². The molecular weight excluding hydrogens is 240 g/mol. The number of hydrogen-bond acceptors (Lipinski definition) is 5. The standard InChI is InChI=1S/C11H8N2O3S/c14-13(15)10-7-4-8-12-11(10)17-16-9-5-2-1-3-6-9/h1-8H. The average molecular weight is 248 g/mol. The molecule has 2 aromatic rings. The van der Waals surface area contributed by atoms with Crippen LogP contribution in [0.4, 0.5) is 5.69 Å². The summed E-state index contributed by atoms with van der Waals surface area (Å²) in [4.78, 5) is 14.2. The Morgan fingerprint density at radius 1 is 1.18 bits per heavy atom. The van der Waals surface area contributed by atoms with Crippen molar-refractivity contribution in [2.75, 3.05) is 0 Å². The highest BCUT2D eigenvalue weighted by atomic mass is 32.2. The van der Waals surface area contributed by atoms with Gasteiger partial charge in [0.2, 0.25) is 5.03 Å². The van der Waals surface area contributed by atoms with E-state index in [0.29, 0.717) is 5.75 Å². The molecule has 86 valence electrons. The smallest absolute Gasteiger partial charge is 0.304 e. The lowest BCUT2D eigenvalue weighted by Crippen LogP contribution is -1.94. The Morgan fingerprint density at radius 3 is 2.65 bits per heavy atom. The molecule has 0 atom stereocenters. The molecule has 2 rings (SSSR count). The van der Waals surface area contributed by atoms with E-state index < -0.39 is 4.92 Å². The van der Waals surface area contributed by atoms with E-state index in [4.69, 9.17) is 4.18 Å². The van der Waals surface area contributed by atoms with Gasteiger partial charge in [-0.1, -0.05) is 18.2 Å². The normalized spacial score (nSPS) is 9.88. The first-order valence-corrected chi connectivity index (χ1v) is 5.50. The molecule has 0 spiro atoms. The lowest BCUT2D eigenvalue weighted by Gasteiger charge is -2.02. The van der Waals surface area contributed by atoms with Crippen molar-refractivity contribution in [2.24, 2.45) is 0 Å². The zero-order chi connectivity index (χ0) is 12.1. The van der Waals surface area contributed by atoms with Crippen LogP contribution in [0, 0.1) is 10.1 Å². The number of benzene rings is 1. The number of para-hydroxylation sites is 1. The minimum absolute atomic E-state index is 0.0616. The maximum atomic E-state index is 10.7. The van der Waals surface area contributed by atoms with Gasteiger partial charge in [0.15, 0.2) is 0 Å². The fraction of sp³-hybridized carbons (Fsp3) is 0. The molecule has 1 heterocycles. The predicted octanol–water partition coefficient (Wildman–Crippen LogP) is 3.08. The predicted molar refractivity (Wildman–Crippen MR) is 63.8 cm³/mol. The van der Waals surface area contributed by atoms with Crippen LogP contribution in [-0.4, -0.2) is 9.91 Å². The van der Waals surface area contributed by atoms with Crippen LogP contribution in [0.1, 0.15) is 0 Å². The zero-order valence-corrected chi connectivity index (χ0v) is 9.46. The second-order valence-electron chi connectivity index (χ2n) is 3.06. The van der Waals surface area contributed by atoms with Gasteiger partial charge in [0.1, 0.15) is 17.8 Å². The van der Waals surface area contributed by atoms with E-state index in [2.05, 4.69) is 4.98 Å². The number of aromatic nitrogens is 1. The van der Waals surface area contributed by atoms with Crippen molar-refractivity contribution in [2.45, 2.75) is 5.03 Å². The lowest BCUT2D eigenvalue weighted by atomic mass is 10.3. The number of hydrogen-bond donors (Lipinski definition) is 0. The van der Waals surface area contributed by atoms with Gasteiger partial charge in [-0.2, -0.15) is 0 Å². The fourth-order valence-electron chi connectivity index (χ4n) is 1.15. The molecule has 1 aromatic carbocycles. The van der Waals surface area contributed by atoms with E-state index in [1.165, 1.54) is 18.3 Å². The quantitative estimate of drug-likeness (QED) is 0.472. The fourth-order valence-corrected chi connectivity index (χ4v) is 1.77. The topological polar surface area (TPSA) is 65.3 Å². The Morgan fingerprint density at radius 2 is 1.94 bits per heavy atom. The van der Waals surface area contributed by atoms with Gasteiger partial charge in [0.05, 0.1) is 4.92 Å². The molecule has 17 heavy (non-hydrogen) atoms. The Balaban J connectivity index is 2.12. The summed E-state index contributed by atoms with van der Waals surface area (Å²) in [6, 6.07) is 11.9. The van der Waals surface area contributed by atoms with Crippen LogP contribution < -0.4 is 4.18 Å². The van der Waals surface area contributed by atoms with Crippen LogP contribution in [0.5, 0.6) is 5.75 Å². The van der Waals surface area contributed by atoms with Crippen LogP contribution in [0.15, 0.2) is 53.7 Å². The van der Waals surface area contributed by atoms with Gasteiger partial charge >= 0.3 is 5.69 Å². The summed E-state index contributed by atoms with van der Waals surface area (Å²) in [6.45, 7) is 0. The van der Waals surface area contributed by atoms with Crippen molar-refractivity contribution in [3.05, 3.63) is 58.8 Å². The van der Waals surface area contributed by atoms with Crippen molar-refractivity contribution in [3.8, 4) is 5.75 Å². The molecule has 6 heteroatoms. The molecule has 0 aliphatic carbocycles. The summed E-state index contributed by atoms with van der Waals surface area (Å²) < 4.78 is 5.33. The monoisotopic (exact) mass is 248 g/mol. The van der Waals surface area contributed by atoms with E-state index in [1.807, 2.05) is 18.2 Å². The third-order valence-electron chi connectivity index (χ3n) is 1.91. The number of nitro groups is 1. The first kappa shape index (κ1) is 11.4. The van der Waals surface area contributed by atoms with Crippen LogP contribution in [0.25, 0.3) is 0 Å². The molecule has 0 radical (unpaired) electrons. The van der Waals surface area contributed by atoms with Gasteiger partial charge in [-0.3, -0.25) is 10.1 Å². The summed E-state index contributed by atoms with van der Waals surface area (Å²) in [5.41, 5.74) is -0.0616. The molecule has 0 bridgehead atoms. The summed E-state index contributed by atoms with van der Waals surface area (Å²) in [7, 11) is 0. The van der Waals surface area contributed by atoms with Crippen molar-refractivity contribution < 1.29 is 9.11 Å². The maximum absolute atomic E-state index is 10.7. The highest BCUT2D eigenvalue weighted by molar-refractivity contribution is 7.95. The molecule has 0 saturated heterocycles. The Labute approximate surface area is 102 Å². The van der Waals surface area contributed by atoms with E-state index >= 15 is 0 Å². The largest absolute Gasteiger partial charge is 0.419 e. The summed E-state index contributed by atoms with van der Waals surface area (Å²) in [6.07, 6.45) is 1.49. The second kappa shape index (κ2) is 5.31. The number of nitrogens with zero attached hydrogens (tertiary/aromatic N) is 2. The first-order chi connectivity index (χ1) is 8.27. The Hall–Kier alpha value is -2.08. The molecule has 0 unspecified atom stereocenters. The van der Waals surface area contributed by atoms with Gasteiger partial charge in [0, 0.05) is 12.3 Å². The molecule has 0 fully saturated rings. The van der Waals surface area contributed by atoms with Crippen LogP contribution >= 0.6 is 12.0 Å². The van der Waals surface area contributed by atoms with E-state index in [1.54, 1.807) is 12.1 Å². The van der Waals surface area contributed by atoms with Gasteiger partial charge < -0.3 is 4.18 Å². The molecule has 5 nitrogen and oxygen atoms in total. The van der Waals surface area contributed by atoms with Crippen molar-refractivity contribution >= 4 is 17.7 Å². The van der Waals surface area contributed by atoms with E-state index in [-0.39, 0.29) is 10.7 Å². The van der Waals surface area contributed by atoms with Crippen molar-refractivity contribution in [3.63, 3.8) is 0 Å². The minimum atomic E-state index is -0.482. The minimum Gasteiger partial charge on any atom is -0.419 e. The molecule has 0 amide bonds. The zero-order valence-electron chi connectivity index (χ0n) is 8.65. The van der Waals surface area contributed by atoms with Crippen LogP contribution in [0.3, 0.4) is 0 Å². The molecule has 1 aromatic heterocycles. The lowest BCUT2D eigenvalue weighted by molar-refractivity contribution is -0.388. The van der Waals surface area contributed by atoms with Crippen molar-refractivity contribution in [1.82, 2.24) is 4.98 Å². The highest BCUT2D eigenvalue weighted by Gasteiger charge is 2.15. The summed E-state index contributed by atoms with van der Waals surface area (Å²) >= 11 is 0.876. The highest BCUT2D eigenvalue weighted by Crippen LogP contribution is 2.28. The maximum Gasteiger partial charge on any atom is 0.304 e. The number of pyridine rings is 1. The summed E-state index contributed by atoms with van der Waals surface area (Å²) in [5, 5.41) is 11.0. The Kier molecular flexibility index (Phi) is 3.56. The average Bonchev–Trinajstić information content (AvgIpc) is 2.38. The van der Waals surface area contributed by atoms with Crippen LogP contribution in [-0.2, 0) is 0 Å². The first-order valence-electron chi connectivity index (χ1n) is 4.76. The SMILES string of the molecule is O=[N+]([O-])c1cccnc1SOc1ccccc1. The second-order valence-corrected chi connectivity index (χ2v) is 3.78. The van der Waals surface area contributed by atoms with E-state index in [0.717, 1.165) is 12.0 Å². The van der Waals surface area contributed by atoms with Crippen LogP contribution in [0.2, 0.25) is 0 Å². The summed E-state index contributed by atoms with van der Waals surface area (Å²) in [5.74, 6) is 0.623. The van der Waals surface area contributed by atoms with Gasteiger partial charge in [-0.15, -0.1) is 0 Å². The van der Waals surface area contributed by atoms with E-state index in [9.17, 15) is 10.1 Å². The molecule has 0 aliphatic heterocycles. The third kappa shape index (κ3) is 2.94. The molecule has 0 N–H and O–H groups in total. The van der Waals surface area contributed by atoms with Gasteiger partial charge in [-0.25, -0.2) is 4.98 Å². The van der Waals surface area contributed by atoms with Crippen molar-refractivity contribution in [1.29, 1.82) is 0 Å². The van der Waals surface area contributed by atoms with Gasteiger partial charge in [-0.05, 0) is 18.2 Å². The molecule has 0 saturated carbocycles. The molecule has 0 aliphatic rings. The molecular formula is C11H8N2O3S. The Bertz CT molecular complexity index is 519. The number of rotatable bonds is 4. The third-order valence-corrected chi connectivity index (χ3v) is 2.66.